The first-order valence-corrected chi connectivity index (χ1v) is 9.16. The van der Waals surface area contributed by atoms with E-state index in [0.29, 0.717) is 24.7 Å². The molecule has 1 saturated heterocycles. The van der Waals surface area contributed by atoms with Gasteiger partial charge in [0.1, 0.15) is 11.3 Å². The Balaban J connectivity index is 1.64. The zero-order valence-electron chi connectivity index (χ0n) is 13.4. The van der Waals surface area contributed by atoms with Gasteiger partial charge in [0.15, 0.2) is 5.82 Å². The van der Waals surface area contributed by atoms with Crippen LogP contribution in [0.4, 0.5) is 0 Å². The molecule has 3 heterocycles. The number of fused-ring (bicyclic) bond motifs is 1. The second-order valence-electron chi connectivity index (χ2n) is 6.28. The second kappa shape index (κ2) is 6.22. The molecule has 6 nitrogen and oxygen atoms in total. The summed E-state index contributed by atoms with van der Waals surface area (Å²) in [4.78, 5) is 19.2. The molecule has 126 valence electrons. The van der Waals surface area contributed by atoms with Gasteiger partial charge in [-0.2, -0.15) is 4.98 Å². The molecule has 1 aromatic heterocycles. The Morgan fingerprint density at radius 3 is 3.04 bits per heavy atom. The minimum atomic E-state index is -0.560. The van der Waals surface area contributed by atoms with E-state index < -0.39 is 6.10 Å². The first kappa shape index (κ1) is 15.7. The number of benzene rings is 1. The average Bonchev–Trinajstić information content (AvgIpc) is 3.19. The van der Waals surface area contributed by atoms with Gasteiger partial charge in [0.2, 0.25) is 11.8 Å². The molecule has 0 unspecified atom stereocenters. The lowest BCUT2D eigenvalue weighted by atomic mass is 10.0. The van der Waals surface area contributed by atoms with Crippen molar-refractivity contribution < 1.29 is 14.4 Å². The number of amides is 1. The van der Waals surface area contributed by atoms with Crippen LogP contribution in [0.5, 0.6) is 0 Å². The summed E-state index contributed by atoms with van der Waals surface area (Å²) in [5, 5.41) is 13.7. The summed E-state index contributed by atoms with van der Waals surface area (Å²) in [6.45, 7) is 2.06. The van der Waals surface area contributed by atoms with E-state index in [2.05, 4.69) is 16.2 Å². The van der Waals surface area contributed by atoms with E-state index >= 15 is 0 Å². The predicted octanol–water partition coefficient (Wildman–Crippen LogP) is 2.04. The number of thioether (sulfide) groups is 1. The minimum absolute atomic E-state index is 0.0181. The van der Waals surface area contributed by atoms with Crippen molar-refractivity contribution in [3.05, 3.63) is 47.1 Å². The molecule has 0 aliphatic carbocycles. The number of hydrogen-bond acceptors (Lipinski definition) is 6. The fourth-order valence-electron chi connectivity index (χ4n) is 3.49. The fraction of sp³-hybridized carbons (Fsp3) is 0.471. The first-order valence-electron chi connectivity index (χ1n) is 8.11. The van der Waals surface area contributed by atoms with Gasteiger partial charge >= 0.3 is 0 Å². The molecular weight excluding hydrogens is 326 g/mol. The number of aryl methyl sites for hydroxylation is 2. The number of nitrogens with zero attached hydrogens (tertiary/aromatic N) is 3. The summed E-state index contributed by atoms with van der Waals surface area (Å²) in [7, 11) is 0. The van der Waals surface area contributed by atoms with Crippen molar-refractivity contribution in [3.8, 4) is 0 Å². The number of likely N-dealkylation sites (tertiary alicyclic amines) is 1. The van der Waals surface area contributed by atoms with Gasteiger partial charge in [-0.05, 0) is 30.2 Å². The molecule has 1 fully saturated rings. The first-order chi connectivity index (χ1) is 11.6. The third kappa shape index (κ3) is 2.71. The van der Waals surface area contributed by atoms with Crippen LogP contribution in [0.3, 0.4) is 0 Å². The van der Waals surface area contributed by atoms with Gasteiger partial charge < -0.3 is 14.5 Å². The van der Waals surface area contributed by atoms with Gasteiger partial charge in [0, 0.05) is 13.0 Å². The maximum Gasteiger partial charge on any atom is 0.249 e. The maximum absolute atomic E-state index is 13.2. The molecule has 7 heteroatoms. The second-order valence-corrected chi connectivity index (χ2v) is 7.49. The van der Waals surface area contributed by atoms with E-state index in [-0.39, 0.29) is 17.2 Å². The van der Waals surface area contributed by atoms with Gasteiger partial charge in [-0.3, -0.25) is 4.79 Å². The predicted molar refractivity (Wildman–Crippen MR) is 89.5 cm³/mol. The molecular formula is C17H19N3O3S. The molecule has 0 bridgehead atoms. The number of carbonyl (C=O) groups excluding carboxylic acids is 1. The van der Waals surface area contributed by atoms with Crippen LogP contribution in [0.25, 0.3) is 0 Å². The van der Waals surface area contributed by atoms with Crippen molar-refractivity contribution in [2.24, 2.45) is 0 Å². The zero-order chi connectivity index (χ0) is 16.7. The highest BCUT2D eigenvalue weighted by atomic mass is 32.2. The normalized spacial score (nSPS) is 26.4. The lowest BCUT2D eigenvalue weighted by molar-refractivity contribution is -0.132. The largest absolute Gasteiger partial charge is 0.391 e. The van der Waals surface area contributed by atoms with E-state index in [9.17, 15) is 9.90 Å². The molecule has 4 rings (SSSR count). The van der Waals surface area contributed by atoms with Gasteiger partial charge in [0.05, 0.1) is 6.10 Å². The third-order valence-electron chi connectivity index (χ3n) is 4.61. The van der Waals surface area contributed by atoms with E-state index in [1.807, 2.05) is 18.2 Å². The summed E-state index contributed by atoms with van der Waals surface area (Å²) in [5.74, 6) is 1.89. The molecule has 2 aliphatic rings. The summed E-state index contributed by atoms with van der Waals surface area (Å²) in [6, 6.07) is 7.77. The fourth-order valence-corrected chi connectivity index (χ4v) is 4.75. The molecule has 3 atom stereocenters. The number of carbonyl (C=O) groups is 1. The average molecular weight is 345 g/mol. The van der Waals surface area contributed by atoms with Crippen LogP contribution in [0.15, 0.2) is 28.8 Å². The van der Waals surface area contributed by atoms with Crippen LogP contribution in [-0.4, -0.2) is 44.5 Å². The van der Waals surface area contributed by atoms with Crippen LogP contribution in [0, 0.1) is 6.92 Å². The Kier molecular flexibility index (Phi) is 4.05. The molecule has 1 N–H and O–H groups in total. The van der Waals surface area contributed by atoms with Crippen molar-refractivity contribution in [3.63, 3.8) is 0 Å². The molecule has 1 aromatic carbocycles. The highest BCUT2D eigenvalue weighted by Crippen LogP contribution is 2.41. The van der Waals surface area contributed by atoms with Gasteiger partial charge in [-0.15, -0.1) is 11.8 Å². The zero-order valence-corrected chi connectivity index (χ0v) is 14.2. The van der Waals surface area contributed by atoms with E-state index in [4.69, 9.17) is 4.52 Å². The van der Waals surface area contributed by atoms with Crippen LogP contribution in [0.1, 0.15) is 40.6 Å². The standard InChI is InChI=1S/C17H19N3O3S/c1-10-18-16(23-19-10)14-8-12(21)9-20(14)17(22)15-13-5-3-2-4-11(13)6-7-24-15/h2-5,12,14-15,21H,6-9H2,1H3/t12-,14-,15+/m1/s1. The number of aliphatic hydroxyl groups is 1. The molecule has 0 spiro atoms. The van der Waals surface area contributed by atoms with Gasteiger partial charge in [0.25, 0.3) is 0 Å². The Morgan fingerprint density at radius 2 is 2.25 bits per heavy atom. The highest BCUT2D eigenvalue weighted by Gasteiger charge is 2.42. The van der Waals surface area contributed by atoms with Crippen molar-refractivity contribution in [2.45, 2.75) is 37.2 Å². The molecule has 0 radical (unpaired) electrons. The Hall–Kier alpha value is -1.86. The van der Waals surface area contributed by atoms with Crippen LogP contribution < -0.4 is 0 Å². The van der Waals surface area contributed by atoms with E-state index in [0.717, 1.165) is 17.7 Å². The Labute approximate surface area is 144 Å². The third-order valence-corrected chi connectivity index (χ3v) is 5.84. The van der Waals surface area contributed by atoms with E-state index in [1.54, 1.807) is 23.6 Å². The van der Waals surface area contributed by atoms with Crippen LogP contribution in [0.2, 0.25) is 0 Å². The molecule has 1 amide bonds. The lowest BCUT2D eigenvalue weighted by Gasteiger charge is -2.30. The van der Waals surface area contributed by atoms with Gasteiger partial charge in [-0.25, -0.2) is 0 Å². The SMILES string of the molecule is Cc1noc([C@H]2C[C@@H](O)CN2C(=O)[C@H]2SCCc3ccccc32)n1. The summed E-state index contributed by atoms with van der Waals surface area (Å²) >= 11 is 1.67. The van der Waals surface area contributed by atoms with E-state index in [1.165, 1.54) is 5.56 Å². The van der Waals surface area contributed by atoms with Crippen molar-refractivity contribution in [2.75, 3.05) is 12.3 Å². The van der Waals surface area contributed by atoms with Crippen LogP contribution >= 0.6 is 11.8 Å². The molecule has 0 saturated carbocycles. The smallest absolute Gasteiger partial charge is 0.249 e. The lowest BCUT2D eigenvalue weighted by Crippen LogP contribution is -2.36. The molecule has 24 heavy (non-hydrogen) atoms. The molecule has 2 aliphatic heterocycles. The number of rotatable bonds is 2. The topological polar surface area (TPSA) is 79.5 Å². The number of hydrogen-bond donors (Lipinski definition) is 1. The van der Waals surface area contributed by atoms with Crippen LogP contribution in [-0.2, 0) is 11.2 Å². The summed E-state index contributed by atoms with van der Waals surface area (Å²) in [5.41, 5.74) is 2.32. The summed E-state index contributed by atoms with van der Waals surface area (Å²) < 4.78 is 5.26. The Bertz CT molecular complexity index is 763. The number of aliphatic hydroxyl groups excluding tert-OH is 1. The maximum atomic E-state index is 13.2. The number of aromatic nitrogens is 2. The monoisotopic (exact) mass is 345 g/mol. The number of β-amino-alcohol motifs (C(OH)–C–C–N with tert-alkyl or cyclic N) is 1. The Morgan fingerprint density at radius 1 is 1.42 bits per heavy atom. The van der Waals surface area contributed by atoms with Crippen molar-refractivity contribution in [1.82, 2.24) is 15.0 Å². The summed E-state index contributed by atoms with van der Waals surface area (Å²) in [6.07, 6.45) is 0.862. The molecule has 2 aromatic rings. The minimum Gasteiger partial charge on any atom is -0.391 e. The van der Waals surface area contributed by atoms with Crippen molar-refractivity contribution >= 4 is 17.7 Å². The van der Waals surface area contributed by atoms with Crippen molar-refractivity contribution in [1.29, 1.82) is 0 Å². The quantitative estimate of drug-likeness (QED) is 0.897. The highest BCUT2D eigenvalue weighted by molar-refractivity contribution is 8.00. The van der Waals surface area contributed by atoms with Gasteiger partial charge in [-0.1, -0.05) is 29.4 Å².